The van der Waals surface area contributed by atoms with Gasteiger partial charge in [0.1, 0.15) is 0 Å². The first kappa shape index (κ1) is 9.00. The highest BCUT2D eigenvalue weighted by atomic mass is 35.5. The normalized spacial score (nSPS) is 11.7. The van der Waals surface area contributed by atoms with Crippen LogP contribution in [0.4, 0.5) is 0 Å². The molecule has 0 radical (unpaired) electrons. The number of nitrogens with zero attached hydrogens (tertiary/aromatic N) is 2. The lowest BCUT2D eigenvalue weighted by molar-refractivity contribution is 0.737. The van der Waals surface area contributed by atoms with Crippen LogP contribution in [-0.4, -0.2) is 9.55 Å². The largest absolute Gasteiger partial charge is 0.309 e. The second kappa shape index (κ2) is 4.07. The van der Waals surface area contributed by atoms with Gasteiger partial charge in [-0.15, -0.1) is 0 Å². The summed E-state index contributed by atoms with van der Waals surface area (Å²) in [7, 11) is 0. The lowest BCUT2D eigenvalue weighted by atomic mass is 10.3. The lowest BCUT2D eigenvalue weighted by Crippen LogP contribution is -2.19. The Hall–Kier alpha value is -1.09. The molecule has 0 N–H and O–H groups in total. The molecule has 0 aromatic carbocycles. The van der Waals surface area contributed by atoms with E-state index in [1.54, 1.807) is 17.0 Å². The van der Waals surface area contributed by atoms with Crippen molar-refractivity contribution in [3.63, 3.8) is 0 Å². The van der Waals surface area contributed by atoms with Gasteiger partial charge in [-0.3, -0.25) is 9.78 Å². The molecule has 0 aliphatic carbocycles. The zero-order valence-electron chi connectivity index (χ0n) is 6.70. The number of allylic oxidation sites excluding steroid dienone is 1. The molecule has 0 atom stereocenters. The number of hydrogen-bond acceptors (Lipinski definition) is 2. The van der Waals surface area contributed by atoms with Gasteiger partial charge in [-0.2, -0.15) is 0 Å². The summed E-state index contributed by atoms with van der Waals surface area (Å²) in [5.41, 5.74) is 2.28. The van der Waals surface area contributed by atoms with Crippen molar-refractivity contribution in [3.05, 3.63) is 40.1 Å². The topological polar surface area (TPSA) is 34.9 Å². The predicted molar refractivity (Wildman–Crippen MR) is 48.1 cm³/mol. The van der Waals surface area contributed by atoms with Gasteiger partial charge in [0, 0.05) is 24.5 Å². The van der Waals surface area contributed by atoms with Gasteiger partial charge in [-0.25, -0.2) is 0 Å². The molecule has 0 bridgehead atoms. The van der Waals surface area contributed by atoms with Crippen LogP contribution in [0.5, 0.6) is 0 Å². The molecule has 1 aromatic rings. The quantitative estimate of drug-likeness (QED) is 0.696. The summed E-state index contributed by atoms with van der Waals surface area (Å²) in [6.45, 7) is 2.38. The van der Waals surface area contributed by atoms with E-state index in [4.69, 9.17) is 11.6 Å². The van der Waals surface area contributed by atoms with Gasteiger partial charge in [-0.05, 0) is 12.5 Å². The molecule has 1 aromatic heterocycles. The van der Waals surface area contributed by atoms with Crippen LogP contribution in [0.1, 0.15) is 6.92 Å². The predicted octanol–water partition coefficient (Wildman–Crippen LogP) is 1.39. The molecule has 0 aliphatic rings. The molecule has 0 fully saturated rings. The second-order valence-electron chi connectivity index (χ2n) is 2.50. The summed E-state index contributed by atoms with van der Waals surface area (Å²) in [5, 5.41) is 0. The fourth-order valence-electron chi connectivity index (χ4n) is 0.807. The number of rotatable bonds is 2. The van der Waals surface area contributed by atoms with Crippen LogP contribution < -0.4 is 5.56 Å². The Balaban J connectivity index is 2.90. The minimum Gasteiger partial charge on any atom is -0.309 e. The monoisotopic (exact) mass is 184 g/mol. The fraction of sp³-hybridized carbons (Fsp3) is 0.250. The van der Waals surface area contributed by atoms with Crippen molar-refractivity contribution in [1.82, 2.24) is 9.55 Å². The van der Waals surface area contributed by atoms with Crippen LogP contribution >= 0.6 is 11.6 Å². The highest BCUT2D eigenvalue weighted by Crippen LogP contribution is 1.97. The van der Waals surface area contributed by atoms with Crippen LogP contribution in [0.25, 0.3) is 0 Å². The molecule has 1 heterocycles. The second-order valence-corrected chi connectivity index (χ2v) is 2.72. The molecule has 12 heavy (non-hydrogen) atoms. The first-order valence-corrected chi connectivity index (χ1v) is 3.94. The van der Waals surface area contributed by atoms with Crippen LogP contribution in [-0.2, 0) is 6.54 Å². The van der Waals surface area contributed by atoms with Crippen molar-refractivity contribution < 1.29 is 0 Å². The van der Waals surface area contributed by atoms with E-state index in [9.17, 15) is 4.79 Å². The standard InChI is InChI=1S/C8H9ClN2O/c1-7(4-9)6-11-3-2-10-5-8(11)12/h2-5H,6H2,1H3/b7-4-. The third kappa shape index (κ3) is 2.20. The molecule has 3 nitrogen and oxygen atoms in total. The van der Waals surface area contributed by atoms with Gasteiger partial charge < -0.3 is 4.57 Å². The van der Waals surface area contributed by atoms with E-state index in [0.717, 1.165) is 5.57 Å². The molecule has 4 heteroatoms. The maximum Gasteiger partial charge on any atom is 0.269 e. The molecule has 64 valence electrons. The summed E-state index contributed by atoms with van der Waals surface area (Å²) >= 11 is 5.46. The molecule has 1 rings (SSSR count). The van der Waals surface area contributed by atoms with Crippen molar-refractivity contribution >= 4 is 11.6 Å². The SMILES string of the molecule is C/C(=C/Cl)Cn1ccncc1=O. The van der Waals surface area contributed by atoms with Crippen molar-refractivity contribution in [2.24, 2.45) is 0 Å². The first-order valence-electron chi connectivity index (χ1n) is 3.50. The maximum absolute atomic E-state index is 11.1. The van der Waals surface area contributed by atoms with E-state index in [2.05, 4.69) is 4.98 Å². The maximum atomic E-state index is 11.1. The van der Waals surface area contributed by atoms with Gasteiger partial charge >= 0.3 is 0 Å². The van der Waals surface area contributed by atoms with Gasteiger partial charge in [0.25, 0.3) is 5.56 Å². The average molecular weight is 185 g/mol. The van der Waals surface area contributed by atoms with Crippen LogP contribution in [0.15, 0.2) is 34.5 Å². The molecular formula is C8H9ClN2O. The van der Waals surface area contributed by atoms with Crippen molar-refractivity contribution in [1.29, 1.82) is 0 Å². The summed E-state index contributed by atoms with van der Waals surface area (Å²) < 4.78 is 1.54. The van der Waals surface area contributed by atoms with E-state index in [1.807, 2.05) is 6.92 Å². The number of hydrogen-bond donors (Lipinski definition) is 0. The zero-order valence-corrected chi connectivity index (χ0v) is 7.45. The summed E-state index contributed by atoms with van der Waals surface area (Å²) in [5.74, 6) is 0. The van der Waals surface area contributed by atoms with Crippen molar-refractivity contribution in [2.75, 3.05) is 0 Å². The minimum atomic E-state index is -0.115. The van der Waals surface area contributed by atoms with E-state index in [-0.39, 0.29) is 5.56 Å². The van der Waals surface area contributed by atoms with Crippen molar-refractivity contribution in [2.45, 2.75) is 13.5 Å². The van der Waals surface area contributed by atoms with Crippen LogP contribution in [0.3, 0.4) is 0 Å². The smallest absolute Gasteiger partial charge is 0.269 e. The third-order valence-electron chi connectivity index (χ3n) is 1.41. The summed E-state index contributed by atoms with van der Waals surface area (Å²) in [6.07, 6.45) is 4.48. The van der Waals surface area contributed by atoms with Crippen molar-refractivity contribution in [3.8, 4) is 0 Å². The van der Waals surface area contributed by atoms with Crippen LogP contribution in [0, 0.1) is 0 Å². The summed E-state index contributed by atoms with van der Waals surface area (Å²) in [4.78, 5) is 14.8. The first-order chi connectivity index (χ1) is 5.74. The Bertz CT molecular complexity index is 343. The van der Waals surface area contributed by atoms with E-state index in [0.29, 0.717) is 6.54 Å². The van der Waals surface area contributed by atoms with E-state index < -0.39 is 0 Å². The van der Waals surface area contributed by atoms with Crippen LogP contribution in [0.2, 0.25) is 0 Å². The molecule has 0 unspecified atom stereocenters. The zero-order chi connectivity index (χ0) is 8.97. The molecule has 0 aliphatic heterocycles. The summed E-state index contributed by atoms with van der Waals surface area (Å²) in [6, 6.07) is 0. The molecule has 0 saturated carbocycles. The molecule has 0 spiro atoms. The van der Waals surface area contributed by atoms with Gasteiger partial charge in [0.2, 0.25) is 0 Å². The number of aromatic nitrogens is 2. The number of halogens is 1. The Morgan fingerprint density at radius 2 is 2.58 bits per heavy atom. The van der Waals surface area contributed by atoms with E-state index in [1.165, 1.54) is 11.7 Å². The third-order valence-corrected chi connectivity index (χ3v) is 1.78. The van der Waals surface area contributed by atoms with Gasteiger partial charge in [0.15, 0.2) is 0 Å². The van der Waals surface area contributed by atoms with Gasteiger partial charge in [-0.1, -0.05) is 11.6 Å². The molecule has 0 saturated heterocycles. The highest BCUT2D eigenvalue weighted by molar-refractivity contribution is 6.25. The highest BCUT2D eigenvalue weighted by Gasteiger charge is 1.94. The Morgan fingerprint density at radius 1 is 1.83 bits per heavy atom. The Morgan fingerprint density at radius 3 is 3.17 bits per heavy atom. The Kier molecular flexibility index (Phi) is 3.05. The lowest BCUT2D eigenvalue weighted by Gasteiger charge is -2.02. The Labute approximate surface area is 75.3 Å². The van der Waals surface area contributed by atoms with Gasteiger partial charge in [0.05, 0.1) is 6.20 Å². The van der Waals surface area contributed by atoms with E-state index >= 15 is 0 Å². The minimum absolute atomic E-state index is 0.115. The average Bonchev–Trinajstić information content (AvgIpc) is 2.09. The molecular weight excluding hydrogens is 176 g/mol. The molecule has 0 amide bonds. The fourth-order valence-corrected chi connectivity index (χ4v) is 0.876.